The summed E-state index contributed by atoms with van der Waals surface area (Å²) in [6.45, 7) is 0.0162. The molecule has 0 saturated heterocycles. The highest BCUT2D eigenvalue weighted by Gasteiger charge is 2.18. The molecule has 0 saturated carbocycles. The van der Waals surface area contributed by atoms with Crippen LogP contribution in [0.15, 0.2) is 30.3 Å². The van der Waals surface area contributed by atoms with E-state index in [0.29, 0.717) is 5.56 Å². The first kappa shape index (κ1) is 11.6. The smallest absolute Gasteiger partial charge is 0.325 e. The van der Waals surface area contributed by atoms with Gasteiger partial charge in [0.2, 0.25) is 0 Å². The Balaban J connectivity index is 2.62. The van der Waals surface area contributed by atoms with Crippen molar-refractivity contribution >= 4 is 5.97 Å². The first-order valence-corrected chi connectivity index (χ1v) is 4.42. The molecule has 1 atom stereocenters. The molecule has 0 unspecified atom stereocenters. The zero-order valence-electron chi connectivity index (χ0n) is 8.34. The van der Waals surface area contributed by atoms with Gasteiger partial charge in [-0.15, -0.1) is 0 Å². The van der Waals surface area contributed by atoms with Crippen LogP contribution in [0.3, 0.4) is 0 Å². The maximum Gasteiger partial charge on any atom is 0.325 e. The Bertz CT molecular complexity index is 302. The molecule has 0 aromatic heterocycles. The van der Waals surface area contributed by atoms with Gasteiger partial charge < -0.3 is 5.11 Å². The Morgan fingerprint density at radius 3 is 2.67 bits per heavy atom. The fraction of sp³-hybridized carbons (Fsp3) is 0.300. The van der Waals surface area contributed by atoms with E-state index in [9.17, 15) is 4.79 Å². The third-order valence-corrected chi connectivity index (χ3v) is 1.84. The van der Waals surface area contributed by atoms with Crippen LogP contribution >= 0.6 is 0 Å². The maximum absolute atomic E-state index is 10.9. The van der Waals surface area contributed by atoms with E-state index in [4.69, 9.17) is 5.11 Å². The second-order valence-electron chi connectivity index (χ2n) is 2.81. The van der Waals surface area contributed by atoms with E-state index in [0.717, 1.165) is 0 Å². The van der Waals surface area contributed by atoms with Crippen molar-refractivity contribution in [3.8, 4) is 0 Å². The van der Waals surface area contributed by atoms with Gasteiger partial charge in [-0.25, -0.2) is 9.78 Å². The molecule has 0 aliphatic rings. The molecule has 2 N–H and O–H groups in total. The molecular weight excluding hydrogens is 198 g/mol. The summed E-state index contributed by atoms with van der Waals surface area (Å²) in [6.07, 6.45) is 0. The number of carbonyl (C=O) groups is 1. The Morgan fingerprint density at radius 2 is 2.13 bits per heavy atom. The lowest BCUT2D eigenvalue weighted by atomic mass is 10.1. The summed E-state index contributed by atoms with van der Waals surface area (Å²) in [5.41, 5.74) is 0.671. The molecule has 1 aromatic rings. The van der Waals surface area contributed by atoms with Gasteiger partial charge >= 0.3 is 5.97 Å². The van der Waals surface area contributed by atoms with Crippen LogP contribution < -0.4 is 5.32 Å². The predicted octanol–water partition coefficient (Wildman–Crippen LogP) is 0.937. The Morgan fingerprint density at radius 1 is 1.47 bits per heavy atom. The van der Waals surface area contributed by atoms with Crippen molar-refractivity contribution in [2.45, 2.75) is 6.04 Å². The van der Waals surface area contributed by atoms with E-state index in [-0.39, 0.29) is 6.73 Å². The fourth-order valence-electron chi connectivity index (χ4n) is 1.17. The highest BCUT2D eigenvalue weighted by Crippen LogP contribution is 2.11. The van der Waals surface area contributed by atoms with Gasteiger partial charge in [-0.2, -0.15) is 0 Å². The van der Waals surface area contributed by atoms with Crippen LogP contribution in [0.1, 0.15) is 11.6 Å². The first-order valence-electron chi connectivity index (χ1n) is 4.42. The third-order valence-electron chi connectivity index (χ3n) is 1.84. The molecule has 0 fully saturated rings. The second-order valence-corrected chi connectivity index (χ2v) is 2.81. The van der Waals surface area contributed by atoms with Crippen LogP contribution in [0, 0.1) is 0 Å². The van der Waals surface area contributed by atoms with Crippen molar-refractivity contribution in [1.82, 2.24) is 5.32 Å². The number of rotatable bonds is 6. The summed E-state index contributed by atoms with van der Waals surface area (Å²) in [7, 11) is 1.36. The third kappa shape index (κ3) is 3.67. The van der Waals surface area contributed by atoms with E-state index in [1.165, 1.54) is 7.11 Å². The number of carboxylic acids is 1. The van der Waals surface area contributed by atoms with E-state index in [2.05, 4.69) is 15.1 Å². The van der Waals surface area contributed by atoms with Crippen molar-refractivity contribution in [2.24, 2.45) is 0 Å². The minimum Gasteiger partial charge on any atom is -0.480 e. The minimum absolute atomic E-state index is 0.0162. The number of hydrogen-bond acceptors (Lipinski definition) is 4. The van der Waals surface area contributed by atoms with Gasteiger partial charge in [0.15, 0.2) is 0 Å². The number of benzene rings is 1. The largest absolute Gasteiger partial charge is 0.480 e. The number of aliphatic carboxylic acids is 1. The van der Waals surface area contributed by atoms with Gasteiger partial charge in [0.05, 0.1) is 7.11 Å². The number of carboxylic acid groups (broad SMARTS) is 1. The molecule has 1 aromatic carbocycles. The van der Waals surface area contributed by atoms with Crippen LogP contribution in [0.2, 0.25) is 0 Å². The van der Waals surface area contributed by atoms with Gasteiger partial charge in [-0.3, -0.25) is 10.1 Å². The molecule has 5 nitrogen and oxygen atoms in total. The number of nitrogens with one attached hydrogen (secondary N) is 1. The molecular formula is C10H13NO4. The summed E-state index contributed by atoms with van der Waals surface area (Å²) in [5, 5.41) is 11.7. The van der Waals surface area contributed by atoms with Crippen LogP contribution in [0.4, 0.5) is 0 Å². The quantitative estimate of drug-likeness (QED) is 0.317. The van der Waals surface area contributed by atoms with E-state index < -0.39 is 12.0 Å². The monoisotopic (exact) mass is 211 g/mol. The highest BCUT2D eigenvalue weighted by atomic mass is 17.2. The van der Waals surface area contributed by atoms with Crippen LogP contribution in [0.5, 0.6) is 0 Å². The van der Waals surface area contributed by atoms with Crippen LogP contribution in [0.25, 0.3) is 0 Å². The lowest BCUT2D eigenvalue weighted by Gasteiger charge is -2.13. The maximum atomic E-state index is 10.9. The van der Waals surface area contributed by atoms with Crippen molar-refractivity contribution in [3.63, 3.8) is 0 Å². The van der Waals surface area contributed by atoms with E-state index >= 15 is 0 Å². The summed E-state index contributed by atoms with van der Waals surface area (Å²) in [6, 6.07) is 8.07. The average Bonchev–Trinajstić information content (AvgIpc) is 2.25. The van der Waals surface area contributed by atoms with Crippen LogP contribution in [-0.2, 0) is 14.6 Å². The first-order chi connectivity index (χ1) is 7.25. The molecule has 0 spiro atoms. The van der Waals surface area contributed by atoms with Gasteiger partial charge in [0.25, 0.3) is 0 Å². The predicted molar refractivity (Wildman–Crippen MR) is 52.9 cm³/mol. The molecule has 82 valence electrons. The normalized spacial score (nSPS) is 12.3. The molecule has 1 rings (SSSR count). The Hall–Kier alpha value is -1.43. The summed E-state index contributed by atoms with van der Waals surface area (Å²) in [5.74, 6) is -0.957. The molecule has 0 aliphatic heterocycles. The average molecular weight is 211 g/mol. The minimum atomic E-state index is -0.957. The summed E-state index contributed by atoms with van der Waals surface area (Å²) in [4.78, 5) is 19.8. The topological polar surface area (TPSA) is 67.8 Å². The molecule has 15 heavy (non-hydrogen) atoms. The Labute approximate surface area is 87.6 Å². The van der Waals surface area contributed by atoms with Crippen molar-refractivity contribution < 1.29 is 19.7 Å². The molecule has 0 bridgehead atoms. The zero-order chi connectivity index (χ0) is 11.1. The lowest BCUT2D eigenvalue weighted by Crippen LogP contribution is -2.30. The highest BCUT2D eigenvalue weighted by molar-refractivity contribution is 5.75. The standard InChI is InChI=1S/C10H13NO4/c1-14-15-7-11-9(10(12)13)8-5-3-2-4-6-8/h2-6,9,11H,7H2,1H3,(H,12,13)/t9-/m0/s1. The lowest BCUT2D eigenvalue weighted by molar-refractivity contribution is -0.278. The van der Waals surface area contributed by atoms with Gasteiger partial charge in [-0.1, -0.05) is 30.3 Å². The van der Waals surface area contributed by atoms with Crippen LogP contribution in [-0.4, -0.2) is 24.9 Å². The SMILES string of the molecule is COOCN[C@H](C(=O)O)c1ccccc1. The van der Waals surface area contributed by atoms with Crippen molar-refractivity contribution in [2.75, 3.05) is 13.8 Å². The van der Waals surface area contributed by atoms with E-state index in [1.807, 2.05) is 6.07 Å². The summed E-state index contributed by atoms with van der Waals surface area (Å²) >= 11 is 0. The summed E-state index contributed by atoms with van der Waals surface area (Å²) < 4.78 is 0. The molecule has 5 heteroatoms. The van der Waals surface area contributed by atoms with E-state index in [1.54, 1.807) is 24.3 Å². The zero-order valence-corrected chi connectivity index (χ0v) is 8.34. The van der Waals surface area contributed by atoms with Gasteiger partial charge in [-0.05, 0) is 5.56 Å². The molecule has 0 amide bonds. The fourth-order valence-corrected chi connectivity index (χ4v) is 1.17. The van der Waals surface area contributed by atoms with Gasteiger partial charge in [0, 0.05) is 0 Å². The molecule has 0 radical (unpaired) electrons. The van der Waals surface area contributed by atoms with Crippen molar-refractivity contribution in [1.29, 1.82) is 0 Å². The molecule has 0 heterocycles. The molecule has 0 aliphatic carbocycles. The Kier molecular flexibility index (Phi) is 4.76. The van der Waals surface area contributed by atoms with Crippen molar-refractivity contribution in [3.05, 3.63) is 35.9 Å². The number of hydrogen-bond donors (Lipinski definition) is 2. The second kappa shape index (κ2) is 6.13. The van der Waals surface area contributed by atoms with Gasteiger partial charge in [0.1, 0.15) is 12.8 Å².